The Balaban J connectivity index is 2.14. The molecule has 0 aliphatic rings. The molecular weight excluding hydrogens is 526 g/mol. The molecule has 5 unspecified atom stereocenters. The lowest BCUT2D eigenvalue weighted by Gasteiger charge is -2.27. The Labute approximate surface area is 229 Å². The molecule has 0 fully saturated rings. The monoisotopic (exact) mass is 561 g/mol. The second-order valence-corrected chi connectivity index (χ2v) is 9.53. The van der Waals surface area contributed by atoms with Crippen LogP contribution in [0.25, 0.3) is 10.9 Å². The first-order valence-corrected chi connectivity index (χ1v) is 12.7. The summed E-state index contributed by atoms with van der Waals surface area (Å²) in [5, 5.41) is 35.4. The number of carbonyl (C=O) groups is 6. The SMILES string of the molecule is CCC(C)C(NC(=O)C(CC(=O)O)NC(=O)C(N)Cc1c[nH]c2ccccc12)C(=O)NC(CCC(=O)O)C(=O)O. The first kappa shape index (κ1) is 31.8. The van der Waals surface area contributed by atoms with Gasteiger partial charge in [0, 0.05) is 23.5 Å². The Hall–Kier alpha value is -4.46. The highest BCUT2D eigenvalue weighted by Crippen LogP contribution is 2.19. The van der Waals surface area contributed by atoms with E-state index in [2.05, 4.69) is 20.9 Å². The molecule has 1 aromatic carbocycles. The summed E-state index contributed by atoms with van der Waals surface area (Å²) >= 11 is 0. The van der Waals surface area contributed by atoms with Crippen molar-refractivity contribution in [2.45, 2.75) is 70.1 Å². The molecule has 5 atom stereocenters. The molecule has 14 heteroatoms. The number of benzene rings is 1. The van der Waals surface area contributed by atoms with Crippen molar-refractivity contribution in [3.8, 4) is 0 Å². The van der Waals surface area contributed by atoms with Gasteiger partial charge < -0.3 is 42.0 Å². The summed E-state index contributed by atoms with van der Waals surface area (Å²) < 4.78 is 0. The number of hydrogen-bond donors (Lipinski definition) is 8. The third-order valence-electron chi connectivity index (χ3n) is 6.52. The maximum Gasteiger partial charge on any atom is 0.326 e. The fourth-order valence-corrected chi connectivity index (χ4v) is 4.04. The fourth-order valence-electron chi connectivity index (χ4n) is 4.04. The fraction of sp³-hybridized carbons (Fsp3) is 0.462. The van der Waals surface area contributed by atoms with Gasteiger partial charge in [-0.25, -0.2) is 4.79 Å². The number of aliphatic carboxylic acids is 3. The van der Waals surface area contributed by atoms with Crippen LogP contribution in [0.15, 0.2) is 30.5 Å². The number of carboxylic acid groups (broad SMARTS) is 3. The van der Waals surface area contributed by atoms with Crippen molar-refractivity contribution >= 4 is 46.5 Å². The number of amides is 3. The minimum absolute atomic E-state index is 0.0993. The molecule has 0 aliphatic heterocycles. The summed E-state index contributed by atoms with van der Waals surface area (Å²) in [7, 11) is 0. The average Bonchev–Trinajstić information content (AvgIpc) is 3.30. The predicted octanol–water partition coefficient (Wildman–Crippen LogP) is -0.0377. The van der Waals surface area contributed by atoms with Gasteiger partial charge in [-0.05, 0) is 30.4 Å². The van der Waals surface area contributed by atoms with Gasteiger partial charge in [-0.2, -0.15) is 0 Å². The maximum atomic E-state index is 13.1. The minimum atomic E-state index is -1.58. The second kappa shape index (κ2) is 14.6. The van der Waals surface area contributed by atoms with E-state index in [0.717, 1.165) is 16.5 Å². The topological polar surface area (TPSA) is 241 Å². The number of H-pyrrole nitrogens is 1. The summed E-state index contributed by atoms with van der Waals surface area (Å²) in [6, 6.07) is 1.85. The molecule has 3 amide bonds. The molecule has 0 saturated heterocycles. The molecule has 1 aromatic heterocycles. The standard InChI is InChI=1S/C26H35N5O9/c1-3-13(2)22(25(38)29-18(26(39)40)8-9-20(32)33)31-24(37)19(11-21(34)35)30-23(36)16(27)10-14-12-28-17-7-5-4-6-15(14)17/h4-7,12-13,16,18-19,22,28H,3,8-11,27H2,1-2H3,(H,29,38)(H,30,36)(H,31,37)(H,32,33)(H,34,35)(H,39,40). The van der Waals surface area contributed by atoms with Crippen molar-refractivity contribution < 1.29 is 44.1 Å². The molecular formula is C26H35N5O9. The Bertz CT molecular complexity index is 1240. The second-order valence-electron chi connectivity index (χ2n) is 9.53. The lowest BCUT2D eigenvalue weighted by Crippen LogP contribution is -2.59. The largest absolute Gasteiger partial charge is 0.481 e. The van der Waals surface area contributed by atoms with Gasteiger partial charge in [-0.15, -0.1) is 0 Å². The van der Waals surface area contributed by atoms with Crippen molar-refractivity contribution in [1.82, 2.24) is 20.9 Å². The van der Waals surface area contributed by atoms with Gasteiger partial charge in [0.1, 0.15) is 18.1 Å². The third kappa shape index (κ3) is 9.08. The third-order valence-corrected chi connectivity index (χ3v) is 6.52. The first-order valence-electron chi connectivity index (χ1n) is 12.7. The van der Waals surface area contributed by atoms with Crippen molar-refractivity contribution in [1.29, 1.82) is 0 Å². The number of fused-ring (bicyclic) bond motifs is 1. The molecule has 0 bridgehead atoms. The molecule has 0 aliphatic carbocycles. The molecule has 0 saturated carbocycles. The number of nitrogens with one attached hydrogen (secondary N) is 4. The number of aromatic nitrogens is 1. The highest BCUT2D eigenvalue weighted by molar-refractivity contribution is 5.96. The van der Waals surface area contributed by atoms with Gasteiger partial charge in [-0.1, -0.05) is 38.5 Å². The quantitative estimate of drug-likeness (QED) is 0.136. The van der Waals surface area contributed by atoms with Crippen LogP contribution in [0.5, 0.6) is 0 Å². The van der Waals surface area contributed by atoms with Crippen LogP contribution < -0.4 is 21.7 Å². The molecule has 40 heavy (non-hydrogen) atoms. The van der Waals surface area contributed by atoms with E-state index in [0.29, 0.717) is 6.42 Å². The minimum Gasteiger partial charge on any atom is -0.481 e. The van der Waals surface area contributed by atoms with Crippen LogP contribution >= 0.6 is 0 Å². The molecule has 218 valence electrons. The van der Waals surface area contributed by atoms with Crippen molar-refractivity contribution in [3.63, 3.8) is 0 Å². The van der Waals surface area contributed by atoms with Crippen molar-refractivity contribution in [2.24, 2.45) is 11.7 Å². The zero-order chi connectivity index (χ0) is 30.0. The molecule has 1 heterocycles. The Kier molecular flexibility index (Phi) is 11.6. The Morgan fingerprint density at radius 3 is 2.15 bits per heavy atom. The number of aromatic amines is 1. The van der Waals surface area contributed by atoms with Crippen LogP contribution in [0.4, 0.5) is 0 Å². The van der Waals surface area contributed by atoms with Gasteiger partial charge in [0.2, 0.25) is 17.7 Å². The van der Waals surface area contributed by atoms with Crippen LogP contribution in [0.2, 0.25) is 0 Å². The zero-order valence-electron chi connectivity index (χ0n) is 22.2. The summed E-state index contributed by atoms with van der Waals surface area (Å²) in [6.07, 6.45) is 0.476. The maximum absolute atomic E-state index is 13.1. The van der Waals surface area contributed by atoms with E-state index in [1.807, 2.05) is 24.3 Å². The van der Waals surface area contributed by atoms with Crippen molar-refractivity contribution in [3.05, 3.63) is 36.0 Å². The van der Waals surface area contributed by atoms with E-state index in [-0.39, 0.29) is 12.8 Å². The lowest BCUT2D eigenvalue weighted by molar-refractivity contribution is -0.144. The van der Waals surface area contributed by atoms with E-state index in [1.165, 1.54) is 0 Å². The highest BCUT2D eigenvalue weighted by atomic mass is 16.4. The Morgan fingerprint density at radius 2 is 1.55 bits per heavy atom. The van der Waals surface area contributed by atoms with Crippen LogP contribution in [0.1, 0.15) is 45.1 Å². The molecule has 9 N–H and O–H groups in total. The van der Waals surface area contributed by atoms with E-state index >= 15 is 0 Å². The van der Waals surface area contributed by atoms with E-state index in [9.17, 15) is 39.0 Å². The molecule has 2 aromatic rings. The first-order chi connectivity index (χ1) is 18.8. The van der Waals surface area contributed by atoms with E-state index < -0.39 is 78.6 Å². The van der Waals surface area contributed by atoms with Crippen molar-refractivity contribution in [2.75, 3.05) is 0 Å². The molecule has 14 nitrogen and oxygen atoms in total. The highest BCUT2D eigenvalue weighted by Gasteiger charge is 2.33. The summed E-state index contributed by atoms with van der Waals surface area (Å²) in [5.41, 5.74) is 7.66. The number of nitrogens with two attached hydrogens (primary N) is 1. The van der Waals surface area contributed by atoms with Gasteiger partial charge in [0.15, 0.2) is 0 Å². The number of para-hydroxylation sites is 1. The van der Waals surface area contributed by atoms with Crippen LogP contribution in [0.3, 0.4) is 0 Å². The summed E-state index contributed by atoms with van der Waals surface area (Å²) in [4.78, 5) is 75.8. The van der Waals surface area contributed by atoms with Crippen LogP contribution in [-0.4, -0.2) is 80.1 Å². The predicted molar refractivity (Wildman–Crippen MR) is 142 cm³/mol. The normalized spacial score (nSPS) is 14.8. The number of carbonyl (C=O) groups excluding carboxylic acids is 3. The zero-order valence-corrected chi connectivity index (χ0v) is 22.2. The van der Waals surface area contributed by atoms with Gasteiger partial charge in [0.25, 0.3) is 0 Å². The van der Waals surface area contributed by atoms with E-state index in [1.54, 1.807) is 20.0 Å². The molecule has 2 rings (SSSR count). The van der Waals surface area contributed by atoms with E-state index in [4.69, 9.17) is 10.8 Å². The van der Waals surface area contributed by atoms with Gasteiger partial charge in [-0.3, -0.25) is 24.0 Å². The van der Waals surface area contributed by atoms with Gasteiger partial charge >= 0.3 is 17.9 Å². The van der Waals surface area contributed by atoms with Crippen LogP contribution in [0, 0.1) is 5.92 Å². The summed E-state index contributed by atoms with van der Waals surface area (Å²) in [5.74, 6) is -7.27. The average molecular weight is 562 g/mol. The molecule has 0 spiro atoms. The van der Waals surface area contributed by atoms with Gasteiger partial charge in [0.05, 0.1) is 12.5 Å². The Morgan fingerprint density at radius 1 is 0.900 bits per heavy atom. The number of hydrogen-bond acceptors (Lipinski definition) is 7. The smallest absolute Gasteiger partial charge is 0.326 e. The number of rotatable bonds is 16. The summed E-state index contributed by atoms with van der Waals surface area (Å²) in [6.45, 7) is 3.33. The van der Waals surface area contributed by atoms with Crippen LogP contribution in [-0.2, 0) is 35.2 Å². The lowest BCUT2D eigenvalue weighted by atomic mass is 9.97. The molecule has 0 radical (unpaired) electrons. The number of carboxylic acids is 3.